The standard InChI is InChI=1S/C12H13ClN2OS/c1-7-3-12(16-2)10(13)5-9(7)11-4-8(6-14)17-15-11/h3-5H,6,14H2,1-2H3. The Labute approximate surface area is 109 Å². The molecule has 0 saturated carbocycles. The topological polar surface area (TPSA) is 48.1 Å². The Hall–Kier alpha value is -1.10. The maximum atomic E-state index is 6.12. The number of aryl methyl sites for hydroxylation is 1. The van der Waals surface area contributed by atoms with Crippen molar-refractivity contribution in [3.8, 4) is 17.0 Å². The zero-order chi connectivity index (χ0) is 12.4. The number of ether oxygens (including phenoxy) is 1. The van der Waals surface area contributed by atoms with Gasteiger partial charge in [-0.3, -0.25) is 0 Å². The molecule has 3 nitrogen and oxygen atoms in total. The second-order valence-electron chi connectivity index (χ2n) is 3.68. The Morgan fingerprint density at radius 1 is 1.41 bits per heavy atom. The zero-order valence-electron chi connectivity index (χ0n) is 9.66. The number of benzene rings is 1. The van der Waals surface area contributed by atoms with Gasteiger partial charge in [0.15, 0.2) is 0 Å². The fraction of sp³-hybridized carbons (Fsp3) is 0.250. The summed E-state index contributed by atoms with van der Waals surface area (Å²) >= 11 is 7.54. The molecule has 1 aromatic heterocycles. The molecule has 1 aromatic carbocycles. The van der Waals surface area contributed by atoms with Gasteiger partial charge < -0.3 is 10.5 Å². The molecule has 0 radical (unpaired) electrons. The van der Waals surface area contributed by atoms with Gasteiger partial charge in [-0.15, -0.1) is 0 Å². The summed E-state index contributed by atoms with van der Waals surface area (Å²) in [5.41, 5.74) is 8.60. The molecule has 2 aromatic rings. The molecule has 17 heavy (non-hydrogen) atoms. The van der Waals surface area contributed by atoms with Gasteiger partial charge in [0, 0.05) is 17.0 Å². The van der Waals surface area contributed by atoms with E-state index >= 15 is 0 Å². The van der Waals surface area contributed by atoms with Crippen LogP contribution in [0, 0.1) is 6.92 Å². The minimum absolute atomic E-state index is 0.514. The zero-order valence-corrected chi connectivity index (χ0v) is 11.2. The van der Waals surface area contributed by atoms with Crippen molar-refractivity contribution < 1.29 is 4.74 Å². The van der Waals surface area contributed by atoms with Gasteiger partial charge in [-0.25, -0.2) is 0 Å². The van der Waals surface area contributed by atoms with Crippen LogP contribution in [0.25, 0.3) is 11.3 Å². The van der Waals surface area contributed by atoms with Crippen LogP contribution < -0.4 is 10.5 Å². The van der Waals surface area contributed by atoms with Crippen molar-refractivity contribution in [1.29, 1.82) is 0 Å². The molecule has 2 rings (SSSR count). The van der Waals surface area contributed by atoms with Crippen molar-refractivity contribution in [1.82, 2.24) is 4.37 Å². The first-order chi connectivity index (χ1) is 8.15. The van der Waals surface area contributed by atoms with Crippen molar-refractivity contribution in [2.45, 2.75) is 13.5 Å². The number of hydrogen-bond acceptors (Lipinski definition) is 4. The van der Waals surface area contributed by atoms with E-state index in [4.69, 9.17) is 22.1 Å². The molecular weight excluding hydrogens is 256 g/mol. The number of halogens is 1. The average molecular weight is 269 g/mol. The van der Waals surface area contributed by atoms with E-state index in [0.717, 1.165) is 21.7 Å². The number of hydrogen-bond donors (Lipinski definition) is 1. The molecule has 0 saturated heterocycles. The third kappa shape index (κ3) is 2.44. The maximum Gasteiger partial charge on any atom is 0.137 e. The predicted octanol–water partition coefficient (Wildman–Crippen LogP) is 3.24. The third-order valence-corrected chi connectivity index (χ3v) is 3.64. The predicted molar refractivity (Wildman–Crippen MR) is 71.7 cm³/mol. The Morgan fingerprint density at radius 2 is 2.18 bits per heavy atom. The first-order valence-corrected chi connectivity index (χ1v) is 6.31. The molecule has 5 heteroatoms. The van der Waals surface area contributed by atoms with Gasteiger partial charge in [-0.05, 0) is 42.2 Å². The normalized spacial score (nSPS) is 10.6. The molecule has 90 valence electrons. The van der Waals surface area contributed by atoms with Crippen molar-refractivity contribution in [3.05, 3.63) is 33.7 Å². The number of methoxy groups -OCH3 is 1. The van der Waals surface area contributed by atoms with E-state index in [-0.39, 0.29) is 0 Å². The molecular formula is C12H13ClN2OS. The summed E-state index contributed by atoms with van der Waals surface area (Å²) in [6.45, 7) is 2.52. The van der Waals surface area contributed by atoms with Crippen LogP contribution in [0.15, 0.2) is 18.2 Å². The van der Waals surface area contributed by atoms with Crippen LogP contribution in [0.4, 0.5) is 0 Å². The van der Waals surface area contributed by atoms with Gasteiger partial charge in [0.2, 0.25) is 0 Å². The van der Waals surface area contributed by atoms with Crippen LogP contribution >= 0.6 is 23.1 Å². The maximum absolute atomic E-state index is 6.12. The highest BCUT2D eigenvalue weighted by molar-refractivity contribution is 7.06. The van der Waals surface area contributed by atoms with Crippen molar-refractivity contribution in [3.63, 3.8) is 0 Å². The molecule has 0 unspecified atom stereocenters. The van der Waals surface area contributed by atoms with Crippen LogP contribution in [-0.4, -0.2) is 11.5 Å². The highest BCUT2D eigenvalue weighted by atomic mass is 35.5. The number of aromatic nitrogens is 1. The minimum Gasteiger partial charge on any atom is -0.495 e. The smallest absolute Gasteiger partial charge is 0.137 e. The summed E-state index contributed by atoms with van der Waals surface area (Å²) in [4.78, 5) is 1.06. The van der Waals surface area contributed by atoms with E-state index < -0.39 is 0 Å². The summed E-state index contributed by atoms with van der Waals surface area (Å²) in [7, 11) is 1.61. The highest BCUT2D eigenvalue weighted by Gasteiger charge is 2.10. The molecule has 0 spiro atoms. The van der Waals surface area contributed by atoms with Gasteiger partial charge >= 0.3 is 0 Å². The molecule has 0 bridgehead atoms. The lowest BCUT2D eigenvalue weighted by atomic mass is 10.1. The molecule has 1 heterocycles. The van der Waals surface area contributed by atoms with Crippen molar-refractivity contribution in [2.24, 2.45) is 5.73 Å². The van der Waals surface area contributed by atoms with Gasteiger partial charge in [0.25, 0.3) is 0 Å². The van der Waals surface area contributed by atoms with E-state index in [1.54, 1.807) is 7.11 Å². The lowest BCUT2D eigenvalue weighted by Gasteiger charge is -2.08. The van der Waals surface area contributed by atoms with Crippen LogP contribution in [-0.2, 0) is 6.54 Å². The Kier molecular flexibility index (Phi) is 3.66. The van der Waals surface area contributed by atoms with E-state index in [9.17, 15) is 0 Å². The van der Waals surface area contributed by atoms with Gasteiger partial charge in [0.1, 0.15) is 5.75 Å². The van der Waals surface area contributed by atoms with Gasteiger partial charge in [-0.1, -0.05) is 11.6 Å². The Balaban J connectivity index is 2.48. The molecule has 0 fully saturated rings. The van der Waals surface area contributed by atoms with Crippen LogP contribution in [0.3, 0.4) is 0 Å². The second-order valence-corrected chi connectivity index (χ2v) is 4.98. The molecule has 0 aliphatic heterocycles. The van der Waals surface area contributed by atoms with Crippen molar-refractivity contribution in [2.75, 3.05) is 7.11 Å². The molecule has 0 aliphatic rings. The first-order valence-electron chi connectivity index (χ1n) is 5.16. The van der Waals surface area contributed by atoms with E-state index in [0.29, 0.717) is 17.3 Å². The first kappa shape index (κ1) is 12.4. The Morgan fingerprint density at radius 3 is 2.76 bits per heavy atom. The van der Waals surface area contributed by atoms with Gasteiger partial charge in [-0.2, -0.15) is 4.37 Å². The summed E-state index contributed by atoms with van der Waals surface area (Å²) in [5, 5.41) is 0.593. The summed E-state index contributed by atoms with van der Waals surface area (Å²) in [6.07, 6.45) is 0. The quantitative estimate of drug-likeness (QED) is 0.930. The number of nitrogens with zero attached hydrogens (tertiary/aromatic N) is 1. The lowest BCUT2D eigenvalue weighted by Crippen LogP contribution is -1.92. The SMILES string of the molecule is COc1cc(C)c(-c2cc(CN)sn2)cc1Cl. The van der Waals surface area contributed by atoms with E-state index in [1.165, 1.54) is 11.5 Å². The monoisotopic (exact) mass is 268 g/mol. The highest BCUT2D eigenvalue weighted by Crippen LogP contribution is 2.33. The summed E-state index contributed by atoms with van der Waals surface area (Å²) in [6, 6.07) is 5.79. The van der Waals surface area contributed by atoms with E-state index in [1.807, 2.05) is 25.1 Å². The van der Waals surface area contributed by atoms with Crippen LogP contribution in [0.2, 0.25) is 5.02 Å². The van der Waals surface area contributed by atoms with Crippen LogP contribution in [0.5, 0.6) is 5.75 Å². The van der Waals surface area contributed by atoms with Gasteiger partial charge in [0.05, 0.1) is 17.8 Å². The largest absolute Gasteiger partial charge is 0.495 e. The molecule has 0 aliphatic carbocycles. The average Bonchev–Trinajstić information content (AvgIpc) is 2.80. The third-order valence-electron chi connectivity index (χ3n) is 2.53. The van der Waals surface area contributed by atoms with Crippen LogP contribution in [0.1, 0.15) is 10.4 Å². The fourth-order valence-corrected chi connectivity index (χ4v) is 2.47. The van der Waals surface area contributed by atoms with Crippen molar-refractivity contribution >= 4 is 23.1 Å². The summed E-state index contributed by atoms with van der Waals surface area (Å²) < 4.78 is 9.55. The Bertz CT molecular complexity index is 539. The number of nitrogens with two attached hydrogens (primary N) is 1. The molecule has 0 amide bonds. The fourth-order valence-electron chi connectivity index (χ4n) is 1.62. The molecule has 0 atom stereocenters. The molecule has 2 N–H and O–H groups in total. The summed E-state index contributed by atoms with van der Waals surface area (Å²) in [5.74, 6) is 0.683. The number of rotatable bonds is 3. The second kappa shape index (κ2) is 5.04. The van der Waals surface area contributed by atoms with E-state index in [2.05, 4.69) is 4.37 Å². The minimum atomic E-state index is 0.514. The lowest BCUT2D eigenvalue weighted by molar-refractivity contribution is 0.415.